The average molecular weight is 220 g/mol. The van der Waals surface area contributed by atoms with Crippen LogP contribution in [0.25, 0.3) is 0 Å². The fraction of sp³-hybridized carbons (Fsp3) is 0.273. The number of hydrogen-bond donors (Lipinski definition) is 0. The molecule has 0 fully saturated rings. The van der Waals surface area contributed by atoms with Crippen LogP contribution in [0.1, 0.15) is 26.8 Å². The quantitative estimate of drug-likeness (QED) is 0.728. The van der Waals surface area contributed by atoms with Crippen LogP contribution >= 0.6 is 11.3 Å². The molecule has 0 saturated carbocycles. The van der Waals surface area contributed by atoms with E-state index in [9.17, 15) is 4.79 Å². The van der Waals surface area contributed by atoms with Gasteiger partial charge < -0.3 is 4.57 Å². The minimum atomic E-state index is 0.0520. The van der Waals surface area contributed by atoms with E-state index < -0.39 is 0 Å². The highest BCUT2D eigenvalue weighted by molar-refractivity contribution is 7.12. The molecule has 0 atom stereocenters. The van der Waals surface area contributed by atoms with Crippen molar-refractivity contribution in [1.82, 2.24) is 9.55 Å². The minimum Gasteiger partial charge on any atom is -0.329 e. The Hall–Kier alpha value is -1.42. The third-order valence-electron chi connectivity index (χ3n) is 2.41. The fourth-order valence-corrected chi connectivity index (χ4v) is 2.24. The fourth-order valence-electron chi connectivity index (χ4n) is 1.39. The van der Waals surface area contributed by atoms with Gasteiger partial charge in [-0.05, 0) is 30.9 Å². The number of thiophene rings is 1. The number of imidazole rings is 1. The molecule has 0 spiro atoms. The maximum atomic E-state index is 12.0. The lowest BCUT2D eigenvalue weighted by Crippen LogP contribution is -2.06. The number of aryl methyl sites for hydroxylation is 2. The molecule has 2 rings (SSSR count). The number of ketones is 1. The molecule has 4 heteroatoms. The second kappa shape index (κ2) is 3.62. The summed E-state index contributed by atoms with van der Waals surface area (Å²) in [5, 5.41) is 1.98. The molecule has 0 aliphatic carbocycles. The van der Waals surface area contributed by atoms with Crippen molar-refractivity contribution in [3.8, 4) is 0 Å². The van der Waals surface area contributed by atoms with Crippen LogP contribution in [0.15, 0.2) is 17.6 Å². The number of nitrogens with zero attached hydrogens (tertiary/aromatic N) is 2. The highest BCUT2D eigenvalue weighted by Gasteiger charge is 2.15. The first-order chi connectivity index (χ1) is 7.09. The van der Waals surface area contributed by atoms with Crippen LogP contribution in [0.4, 0.5) is 0 Å². The molecule has 78 valence electrons. The van der Waals surface area contributed by atoms with Gasteiger partial charge in [0.25, 0.3) is 0 Å². The van der Waals surface area contributed by atoms with E-state index in [4.69, 9.17) is 0 Å². The van der Waals surface area contributed by atoms with E-state index in [2.05, 4.69) is 4.98 Å². The number of hydrogen-bond acceptors (Lipinski definition) is 3. The molecule has 0 amide bonds. The molecular formula is C11H12N2OS. The van der Waals surface area contributed by atoms with Crippen molar-refractivity contribution in [3.05, 3.63) is 39.6 Å². The first-order valence-electron chi connectivity index (χ1n) is 4.67. The molecule has 2 heterocycles. The van der Waals surface area contributed by atoms with Gasteiger partial charge in [-0.3, -0.25) is 4.79 Å². The number of rotatable bonds is 2. The van der Waals surface area contributed by atoms with Crippen LogP contribution in [0, 0.1) is 13.8 Å². The lowest BCUT2D eigenvalue weighted by Gasteiger charge is -2.00. The summed E-state index contributed by atoms with van der Waals surface area (Å²) in [6, 6.07) is 1.91. The van der Waals surface area contributed by atoms with E-state index in [0.717, 1.165) is 16.3 Å². The zero-order valence-electron chi connectivity index (χ0n) is 8.94. The van der Waals surface area contributed by atoms with E-state index in [1.165, 1.54) is 11.3 Å². The highest BCUT2D eigenvalue weighted by Crippen LogP contribution is 2.18. The van der Waals surface area contributed by atoms with Crippen LogP contribution < -0.4 is 0 Å². The van der Waals surface area contributed by atoms with Gasteiger partial charge in [0.1, 0.15) is 11.5 Å². The molecule has 0 N–H and O–H groups in total. The second-order valence-corrected chi connectivity index (χ2v) is 4.48. The summed E-state index contributed by atoms with van der Waals surface area (Å²) in [7, 11) is 1.86. The molecule has 0 saturated heterocycles. The molecular weight excluding hydrogens is 208 g/mol. The zero-order chi connectivity index (χ0) is 11.0. The predicted molar refractivity (Wildman–Crippen MR) is 60.4 cm³/mol. The molecule has 0 bridgehead atoms. The average Bonchev–Trinajstić information content (AvgIpc) is 2.75. The Morgan fingerprint density at radius 2 is 2.20 bits per heavy atom. The van der Waals surface area contributed by atoms with E-state index >= 15 is 0 Å². The predicted octanol–water partition coefficient (Wildman–Crippen LogP) is 2.33. The Labute approximate surface area is 92.4 Å². The normalized spacial score (nSPS) is 10.6. The van der Waals surface area contributed by atoms with Crippen molar-refractivity contribution in [2.45, 2.75) is 13.8 Å². The van der Waals surface area contributed by atoms with Gasteiger partial charge in [0.15, 0.2) is 0 Å². The standard InChI is InChI=1S/C11H12N2OS/c1-7-4-10(15-6-7)11(14)9-5-12-8(2)13(9)3/h4-6H,1-3H3. The number of carbonyl (C=O) groups excluding carboxylic acids is 1. The summed E-state index contributed by atoms with van der Waals surface area (Å²) in [4.78, 5) is 16.9. The molecule has 0 aromatic carbocycles. The minimum absolute atomic E-state index is 0.0520. The van der Waals surface area contributed by atoms with Gasteiger partial charge in [0, 0.05) is 7.05 Å². The van der Waals surface area contributed by atoms with Gasteiger partial charge in [0.05, 0.1) is 11.1 Å². The van der Waals surface area contributed by atoms with Crippen LogP contribution in [-0.4, -0.2) is 15.3 Å². The van der Waals surface area contributed by atoms with Crippen molar-refractivity contribution < 1.29 is 4.79 Å². The zero-order valence-corrected chi connectivity index (χ0v) is 9.76. The summed E-state index contributed by atoms with van der Waals surface area (Å²) in [6.45, 7) is 3.87. The summed E-state index contributed by atoms with van der Waals surface area (Å²) in [5.41, 5.74) is 1.77. The van der Waals surface area contributed by atoms with Gasteiger partial charge in [-0.2, -0.15) is 0 Å². The molecule has 0 aliphatic heterocycles. The molecule has 0 radical (unpaired) electrons. The summed E-state index contributed by atoms with van der Waals surface area (Å²) in [6.07, 6.45) is 1.63. The van der Waals surface area contributed by atoms with Gasteiger partial charge in [-0.1, -0.05) is 0 Å². The summed E-state index contributed by atoms with van der Waals surface area (Å²) in [5.74, 6) is 0.905. The monoisotopic (exact) mass is 220 g/mol. The van der Waals surface area contributed by atoms with Crippen LogP contribution in [0.2, 0.25) is 0 Å². The van der Waals surface area contributed by atoms with Gasteiger partial charge in [-0.25, -0.2) is 4.98 Å². The third-order valence-corrected chi connectivity index (χ3v) is 3.45. The largest absolute Gasteiger partial charge is 0.329 e. The maximum absolute atomic E-state index is 12.0. The molecule has 2 aromatic rings. The van der Waals surface area contributed by atoms with E-state index in [1.807, 2.05) is 36.9 Å². The van der Waals surface area contributed by atoms with Crippen LogP contribution in [0.5, 0.6) is 0 Å². The van der Waals surface area contributed by atoms with Crippen molar-refractivity contribution in [2.24, 2.45) is 7.05 Å². The number of carbonyl (C=O) groups is 1. The van der Waals surface area contributed by atoms with Crippen molar-refractivity contribution in [1.29, 1.82) is 0 Å². The topological polar surface area (TPSA) is 34.9 Å². The van der Waals surface area contributed by atoms with Crippen LogP contribution in [0.3, 0.4) is 0 Å². The second-order valence-electron chi connectivity index (χ2n) is 3.57. The maximum Gasteiger partial charge on any atom is 0.220 e. The van der Waals surface area contributed by atoms with Crippen molar-refractivity contribution in [3.63, 3.8) is 0 Å². The van der Waals surface area contributed by atoms with Crippen molar-refractivity contribution in [2.75, 3.05) is 0 Å². The first-order valence-corrected chi connectivity index (χ1v) is 5.55. The van der Waals surface area contributed by atoms with E-state index in [0.29, 0.717) is 5.69 Å². The molecule has 3 nitrogen and oxygen atoms in total. The molecule has 0 aliphatic rings. The molecule has 2 aromatic heterocycles. The lowest BCUT2D eigenvalue weighted by atomic mass is 10.2. The van der Waals surface area contributed by atoms with Crippen molar-refractivity contribution >= 4 is 17.1 Å². The molecule has 15 heavy (non-hydrogen) atoms. The smallest absolute Gasteiger partial charge is 0.220 e. The van der Waals surface area contributed by atoms with E-state index in [-0.39, 0.29) is 5.78 Å². The van der Waals surface area contributed by atoms with Gasteiger partial charge >= 0.3 is 0 Å². The van der Waals surface area contributed by atoms with Crippen LogP contribution in [-0.2, 0) is 7.05 Å². The first kappa shape index (κ1) is 10.1. The Morgan fingerprint density at radius 3 is 2.67 bits per heavy atom. The Balaban J connectivity index is 2.41. The number of aromatic nitrogens is 2. The summed E-state index contributed by atoms with van der Waals surface area (Å²) < 4.78 is 1.82. The SMILES string of the molecule is Cc1csc(C(=O)c2cnc(C)n2C)c1. The van der Waals surface area contributed by atoms with E-state index in [1.54, 1.807) is 6.20 Å². The Kier molecular flexibility index (Phi) is 2.44. The highest BCUT2D eigenvalue weighted by atomic mass is 32.1. The lowest BCUT2D eigenvalue weighted by molar-refractivity contribution is 0.103. The Morgan fingerprint density at radius 1 is 1.47 bits per heavy atom. The Bertz CT molecular complexity index is 510. The van der Waals surface area contributed by atoms with Gasteiger partial charge in [-0.15, -0.1) is 11.3 Å². The third kappa shape index (κ3) is 1.72. The molecule has 0 unspecified atom stereocenters. The van der Waals surface area contributed by atoms with Gasteiger partial charge in [0.2, 0.25) is 5.78 Å². The summed E-state index contributed by atoms with van der Waals surface area (Å²) >= 11 is 1.48.